The predicted molar refractivity (Wildman–Crippen MR) is 68.7 cm³/mol. The zero-order chi connectivity index (χ0) is 14.1. The normalized spacial score (nSPS) is 24.5. The highest BCUT2D eigenvalue weighted by Crippen LogP contribution is 2.32. The topological polar surface area (TPSA) is 76.1 Å². The van der Waals surface area contributed by atoms with Crippen molar-refractivity contribution >= 4 is 11.9 Å². The van der Waals surface area contributed by atoms with Crippen molar-refractivity contribution in [2.45, 2.75) is 25.0 Å². The summed E-state index contributed by atoms with van der Waals surface area (Å²) >= 11 is 0. The predicted octanol–water partition coefficient (Wildman–Crippen LogP) is 0.902. The number of amides is 1. The maximum Gasteiger partial charge on any atom is 0.326 e. The molecule has 0 aromatic heterocycles. The fraction of sp³-hybridized carbons (Fsp3) is 0.429. The van der Waals surface area contributed by atoms with Crippen LogP contribution in [0.25, 0.3) is 0 Å². The molecule has 1 fully saturated rings. The van der Waals surface area contributed by atoms with Crippen molar-refractivity contribution in [1.29, 1.82) is 0 Å². The zero-order valence-electron chi connectivity index (χ0n) is 10.8. The molecule has 0 bridgehead atoms. The lowest BCUT2D eigenvalue weighted by Gasteiger charge is -2.30. The van der Waals surface area contributed by atoms with Crippen molar-refractivity contribution in [3.63, 3.8) is 0 Å². The number of ether oxygens (including phenoxy) is 2. The molecule has 1 N–H and O–H groups in total. The Morgan fingerprint density at radius 2 is 2.00 bits per heavy atom. The molecule has 1 aromatic rings. The third-order valence-electron chi connectivity index (χ3n) is 3.60. The van der Waals surface area contributed by atoms with Gasteiger partial charge in [0.1, 0.15) is 12.6 Å². The number of hydrogen-bond acceptors (Lipinski definition) is 4. The van der Waals surface area contributed by atoms with Gasteiger partial charge in [0.05, 0.1) is 0 Å². The van der Waals surface area contributed by atoms with Crippen molar-refractivity contribution in [3.05, 3.63) is 24.3 Å². The molecule has 0 saturated carbocycles. The summed E-state index contributed by atoms with van der Waals surface area (Å²) in [4.78, 5) is 24.9. The second-order valence-electron chi connectivity index (χ2n) is 4.89. The number of carboxylic acid groups (broad SMARTS) is 1. The van der Waals surface area contributed by atoms with Gasteiger partial charge in [0.15, 0.2) is 11.5 Å². The van der Waals surface area contributed by atoms with Crippen LogP contribution in [0.2, 0.25) is 0 Å². The first-order valence-electron chi connectivity index (χ1n) is 6.58. The molecular weight excluding hydrogens is 262 g/mol. The molecule has 20 heavy (non-hydrogen) atoms. The SMILES string of the molecule is O=C(O)[C@H]1CCCN1C(=O)[C@H]1COc2ccccc2O1. The van der Waals surface area contributed by atoms with Gasteiger partial charge >= 0.3 is 5.97 Å². The van der Waals surface area contributed by atoms with Crippen LogP contribution < -0.4 is 9.47 Å². The minimum Gasteiger partial charge on any atom is -0.485 e. The van der Waals surface area contributed by atoms with Crippen LogP contribution in [0.3, 0.4) is 0 Å². The lowest BCUT2D eigenvalue weighted by Crippen LogP contribution is -2.50. The second kappa shape index (κ2) is 5.03. The van der Waals surface area contributed by atoms with E-state index in [2.05, 4.69) is 0 Å². The van der Waals surface area contributed by atoms with Gasteiger partial charge in [0.25, 0.3) is 5.91 Å². The Hall–Kier alpha value is -2.24. The van der Waals surface area contributed by atoms with Crippen LogP contribution in [-0.2, 0) is 9.59 Å². The summed E-state index contributed by atoms with van der Waals surface area (Å²) in [7, 11) is 0. The Bertz CT molecular complexity index is 544. The molecule has 2 atom stereocenters. The number of fused-ring (bicyclic) bond motifs is 1. The van der Waals surface area contributed by atoms with Gasteiger partial charge in [-0.3, -0.25) is 4.79 Å². The van der Waals surface area contributed by atoms with Crippen LogP contribution in [0.15, 0.2) is 24.3 Å². The molecule has 0 spiro atoms. The molecular formula is C14H15NO5. The molecule has 0 aliphatic carbocycles. The summed E-state index contributed by atoms with van der Waals surface area (Å²) in [5, 5.41) is 9.12. The summed E-state index contributed by atoms with van der Waals surface area (Å²) in [6, 6.07) is 6.37. The maximum atomic E-state index is 12.4. The van der Waals surface area contributed by atoms with Gasteiger partial charge in [-0.25, -0.2) is 4.79 Å². The number of carbonyl (C=O) groups is 2. The standard InChI is InChI=1S/C14H15NO5/c16-13(15-7-3-4-9(15)14(17)18)12-8-19-10-5-1-2-6-11(10)20-12/h1-2,5-6,9,12H,3-4,7-8H2,(H,17,18)/t9-,12-/m1/s1. The number of benzene rings is 1. The van der Waals surface area contributed by atoms with E-state index < -0.39 is 18.1 Å². The van der Waals surface area contributed by atoms with E-state index in [1.807, 2.05) is 6.07 Å². The molecule has 3 rings (SSSR count). The van der Waals surface area contributed by atoms with Crippen molar-refractivity contribution in [1.82, 2.24) is 4.90 Å². The number of aliphatic carboxylic acids is 1. The van der Waals surface area contributed by atoms with E-state index in [1.54, 1.807) is 18.2 Å². The van der Waals surface area contributed by atoms with Gasteiger partial charge in [-0.1, -0.05) is 12.1 Å². The average Bonchev–Trinajstić information content (AvgIpc) is 2.95. The van der Waals surface area contributed by atoms with Crippen LogP contribution >= 0.6 is 0 Å². The van der Waals surface area contributed by atoms with Gasteiger partial charge in [0.2, 0.25) is 6.10 Å². The molecule has 0 unspecified atom stereocenters. The van der Waals surface area contributed by atoms with Gasteiger partial charge < -0.3 is 19.5 Å². The summed E-state index contributed by atoms with van der Waals surface area (Å²) in [5.74, 6) is -0.159. The monoisotopic (exact) mass is 277 g/mol. The molecule has 0 radical (unpaired) electrons. The number of para-hydroxylation sites is 2. The highest BCUT2D eigenvalue weighted by molar-refractivity contribution is 5.87. The third kappa shape index (κ3) is 2.17. The Morgan fingerprint density at radius 3 is 2.75 bits per heavy atom. The molecule has 1 amide bonds. The number of carboxylic acids is 1. The van der Waals surface area contributed by atoms with E-state index in [1.165, 1.54) is 4.90 Å². The largest absolute Gasteiger partial charge is 0.485 e. The summed E-state index contributed by atoms with van der Waals surface area (Å²) in [6.45, 7) is 0.565. The quantitative estimate of drug-likeness (QED) is 0.869. The highest BCUT2D eigenvalue weighted by atomic mass is 16.6. The number of rotatable bonds is 2. The molecule has 6 nitrogen and oxygen atoms in total. The fourth-order valence-electron chi connectivity index (χ4n) is 2.61. The molecule has 2 aliphatic heterocycles. The smallest absolute Gasteiger partial charge is 0.326 e. The van der Waals surface area contributed by atoms with E-state index in [4.69, 9.17) is 14.6 Å². The van der Waals surface area contributed by atoms with E-state index >= 15 is 0 Å². The summed E-state index contributed by atoms with van der Waals surface area (Å²) in [6.07, 6.45) is 0.419. The van der Waals surface area contributed by atoms with Crippen LogP contribution in [-0.4, -0.2) is 47.2 Å². The van der Waals surface area contributed by atoms with Gasteiger partial charge in [-0.15, -0.1) is 0 Å². The third-order valence-corrected chi connectivity index (χ3v) is 3.60. The number of nitrogens with zero attached hydrogens (tertiary/aromatic N) is 1. The van der Waals surface area contributed by atoms with Crippen molar-refractivity contribution in [2.24, 2.45) is 0 Å². The van der Waals surface area contributed by atoms with E-state index in [-0.39, 0.29) is 12.5 Å². The summed E-state index contributed by atoms with van der Waals surface area (Å²) in [5.41, 5.74) is 0. The molecule has 2 aliphatic rings. The first-order valence-corrected chi connectivity index (χ1v) is 6.58. The molecule has 1 aromatic carbocycles. The highest BCUT2D eigenvalue weighted by Gasteiger charge is 2.39. The Balaban J connectivity index is 1.74. The van der Waals surface area contributed by atoms with E-state index in [0.717, 1.165) is 0 Å². The number of likely N-dealkylation sites (tertiary alicyclic amines) is 1. The molecule has 2 heterocycles. The zero-order valence-corrected chi connectivity index (χ0v) is 10.8. The summed E-state index contributed by atoms with van der Waals surface area (Å²) < 4.78 is 11.1. The van der Waals surface area contributed by atoms with Crippen molar-refractivity contribution in [3.8, 4) is 11.5 Å². The molecule has 106 valence electrons. The van der Waals surface area contributed by atoms with Crippen LogP contribution in [0.5, 0.6) is 11.5 Å². The molecule has 1 saturated heterocycles. The van der Waals surface area contributed by atoms with Crippen LogP contribution in [0.1, 0.15) is 12.8 Å². The van der Waals surface area contributed by atoms with Crippen molar-refractivity contribution in [2.75, 3.05) is 13.2 Å². The lowest BCUT2D eigenvalue weighted by molar-refractivity contribution is -0.152. The fourth-order valence-corrected chi connectivity index (χ4v) is 2.61. The van der Waals surface area contributed by atoms with Gasteiger partial charge in [-0.2, -0.15) is 0 Å². The van der Waals surface area contributed by atoms with Crippen LogP contribution in [0, 0.1) is 0 Å². The Kier molecular flexibility index (Phi) is 3.22. The minimum absolute atomic E-state index is 0.110. The Morgan fingerprint density at radius 1 is 1.25 bits per heavy atom. The Labute approximate surface area is 115 Å². The van der Waals surface area contributed by atoms with Gasteiger partial charge in [-0.05, 0) is 25.0 Å². The van der Waals surface area contributed by atoms with Crippen LogP contribution in [0.4, 0.5) is 0 Å². The first kappa shape index (κ1) is 12.8. The van der Waals surface area contributed by atoms with E-state index in [9.17, 15) is 9.59 Å². The number of hydrogen-bond donors (Lipinski definition) is 1. The minimum atomic E-state index is -0.965. The molecule has 6 heteroatoms. The van der Waals surface area contributed by atoms with Gasteiger partial charge in [0, 0.05) is 6.54 Å². The second-order valence-corrected chi connectivity index (χ2v) is 4.89. The average molecular weight is 277 g/mol. The first-order chi connectivity index (χ1) is 9.66. The van der Waals surface area contributed by atoms with E-state index in [0.29, 0.717) is 30.9 Å². The number of carbonyl (C=O) groups excluding carboxylic acids is 1. The van der Waals surface area contributed by atoms with Crippen molar-refractivity contribution < 1.29 is 24.2 Å². The maximum absolute atomic E-state index is 12.4. The lowest BCUT2D eigenvalue weighted by atomic mass is 10.2.